The molecule has 0 radical (unpaired) electrons. The lowest BCUT2D eigenvalue weighted by molar-refractivity contribution is 0.0693. The highest BCUT2D eigenvalue weighted by atomic mass is 32.2. The van der Waals surface area contributed by atoms with E-state index in [4.69, 9.17) is 0 Å². The number of carbonyl (C=O) groups is 1. The molecule has 2 aromatic rings. The van der Waals surface area contributed by atoms with Gasteiger partial charge in [0.2, 0.25) is 0 Å². The number of aromatic amines is 1. The largest absolute Gasteiger partial charge is 0.334 e. The molecule has 0 spiro atoms. The van der Waals surface area contributed by atoms with Crippen molar-refractivity contribution in [2.75, 3.05) is 12.3 Å². The van der Waals surface area contributed by atoms with E-state index in [2.05, 4.69) is 22.3 Å². The number of rotatable bonds is 1. The summed E-state index contributed by atoms with van der Waals surface area (Å²) in [6, 6.07) is 2.81. The van der Waals surface area contributed by atoms with Crippen LogP contribution in [0, 0.1) is 5.82 Å². The number of hydrogen-bond acceptors (Lipinski definition) is 4. The van der Waals surface area contributed by atoms with Crippen LogP contribution in [-0.4, -0.2) is 49.8 Å². The van der Waals surface area contributed by atoms with Gasteiger partial charge in [-0.15, -0.1) is 0 Å². The first-order chi connectivity index (χ1) is 9.58. The third-order valence-electron chi connectivity index (χ3n) is 3.78. The number of hydrogen-bond donors (Lipinski definition) is 1. The highest BCUT2D eigenvalue weighted by Crippen LogP contribution is 2.26. The zero-order valence-corrected chi connectivity index (χ0v) is 12.1. The summed E-state index contributed by atoms with van der Waals surface area (Å²) in [7, 11) is 0. The van der Waals surface area contributed by atoms with Crippen LogP contribution >= 0.6 is 11.8 Å². The first-order valence-corrected chi connectivity index (χ1v) is 7.55. The number of H-pyrrole nitrogens is 1. The highest BCUT2D eigenvalue weighted by molar-refractivity contribution is 8.00. The third kappa shape index (κ3) is 2.15. The second kappa shape index (κ2) is 5.05. The van der Waals surface area contributed by atoms with Crippen LogP contribution in [0.15, 0.2) is 12.1 Å². The molecule has 2 atom stereocenters. The van der Waals surface area contributed by atoms with Crippen LogP contribution in [0.1, 0.15) is 24.2 Å². The van der Waals surface area contributed by atoms with Gasteiger partial charge in [-0.25, -0.2) is 4.39 Å². The van der Waals surface area contributed by atoms with Gasteiger partial charge >= 0.3 is 0 Å². The van der Waals surface area contributed by atoms with Crippen molar-refractivity contribution in [3.8, 4) is 0 Å². The van der Waals surface area contributed by atoms with E-state index >= 15 is 0 Å². The number of halogens is 1. The van der Waals surface area contributed by atoms with E-state index in [0.29, 0.717) is 22.8 Å². The lowest BCUT2D eigenvalue weighted by Crippen LogP contribution is -2.48. The molecule has 20 heavy (non-hydrogen) atoms. The molecule has 0 bridgehead atoms. The minimum atomic E-state index is -0.547. The lowest BCUT2D eigenvalue weighted by Gasteiger charge is -2.37. The Morgan fingerprint density at radius 3 is 2.85 bits per heavy atom. The molecule has 0 aliphatic carbocycles. The van der Waals surface area contributed by atoms with Gasteiger partial charge in [-0.3, -0.25) is 4.79 Å². The Morgan fingerprint density at radius 1 is 1.40 bits per heavy atom. The van der Waals surface area contributed by atoms with E-state index in [1.165, 1.54) is 12.1 Å². The number of aromatic nitrogens is 3. The van der Waals surface area contributed by atoms with Crippen molar-refractivity contribution in [3.05, 3.63) is 23.5 Å². The standard InChI is InChI=1S/C13H15FN4OS/c1-7-8(2)20-4-3-18(7)13(19)9-5-11-12(6-10(9)14)16-17-15-11/h5-8H,3-4H2,1-2H3,(H,15,16,17)/t7-,8+/m0/s1. The number of nitrogens with zero attached hydrogens (tertiary/aromatic N) is 3. The van der Waals surface area contributed by atoms with E-state index in [1.54, 1.807) is 4.90 Å². The summed E-state index contributed by atoms with van der Waals surface area (Å²) < 4.78 is 14.1. The number of thioether (sulfide) groups is 1. The van der Waals surface area contributed by atoms with Gasteiger partial charge in [0.05, 0.1) is 5.56 Å². The van der Waals surface area contributed by atoms with Crippen LogP contribution in [0.25, 0.3) is 11.0 Å². The molecule has 3 rings (SSSR count). The van der Waals surface area contributed by atoms with Crippen molar-refractivity contribution in [2.45, 2.75) is 25.1 Å². The smallest absolute Gasteiger partial charge is 0.257 e. The summed E-state index contributed by atoms with van der Waals surface area (Å²) in [6.45, 7) is 4.73. The van der Waals surface area contributed by atoms with Gasteiger partial charge < -0.3 is 4.90 Å². The van der Waals surface area contributed by atoms with Gasteiger partial charge in [0.15, 0.2) is 0 Å². The fourth-order valence-electron chi connectivity index (χ4n) is 2.40. The zero-order valence-electron chi connectivity index (χ0n) is 11.3. The van der Waals surface area contributed by atoms with Crippen molar-refractivity contribution in [3.63, 3.8) is 0 Å². The Kier molecular flexibility index (Phi) is 3.37. The average molecular weight is 294 g/mol. The maximum Gasteiger partial charge on any atom is 0.257 e. The molecule has 1 fully saturated rings. The van der Waals surface area contributed by atoms with Crippen LogP contribution in [0.3, 0.4) is 0 Å². The Morgan fingerprint density at radius 2 is 2.10 bits per heavy atom. The van der Waals surface area contributed by atoms with E-state index in [-0.39, 0.29) is 17.5 Å². The number of benzene rings is 1. The molecule has 1 amide bonds. The number of nitrogens with one attached hydrogen (secondary N) is 1. The summed E-state index contributed by atoms with van der Waals surface area (Å²) in [5.74, 6) is 0.0620. The summed E-state index contributed by atoms with van der Waals surface area (Å²) in [5.41, 5.74) is 0.994. The number of carbonyl (C=O) groups excluding carboxylic acids is 1. The molecule has 0 saturated carbocycles. The maximum absolute atomic E-state index is 14.1. The first kappa shape index (κ1) is 13.4. The molecule has 5 nitrogen and oxygen atoms in total. The van der Waals surface area contributed by atoms with E-state index in [9.17, 15) is 9.18 Å². The van der Waals surface area contributed by atoms with Crippen molar-refractivity contribution in [1.82, 2.24) is 20.3 Å². The molecular formula is C13H15FN4OS. The van der Waals surface area contributed by atoms with E-state index < -0.39 is 5.82 Å². The lowest BCUT2D eigenvalue weighted by atomic mass is 10.1. The van der Waals surface area contributed by atoms with Gasteiger partial charge in [-0.05, 0) is 13.0 Å². The zero-order chi connectivity index (χ0) is 14.3. The van der Waals surface area contributed by atoms with Gasteiger partial charge in [0, 0.05) is 29.7 Å². The monoisotopic (exact) mass is 294 g/mol. The summed E-state index contributed by atoms with van der Waals surface area (Å²) in [4.78, 5) is 14.3. The Hall–Kier alpha value is -1.63. The number of amides is 1. The van der Waals surface area contributed by atoms with E-state index in [1.807, 2.05) is 18.7 Å². The van der Waals surface area contributed by atoms with Gasteiger partial charge in [-0.2, -0.15) is 27.2 Å². The van der Waals surface area contributed by atoms with Gasteiger partial charge in [0.25, 0.3) is 5.91 Å². The van der Waals surface area contributed by atoms with Crippen LogP contribution < -0.4 is 0 Å². The minimum absolute atomic E-state index is 0.0670. The topological polar surface area (TPSA) is 61.9 Å². The molecule has 106 valence electrons. The molecule has 1 aliphatic heterocycles. The molecule has 1 saturated heterocycles. The molecule has 1 aromatic carbocycles. The Balaban J connectivity index is 1.97. The normalized spacial score (nSPS) is 23.2. The minimum Gasteiger partial charge on any atom is -0.334 e. The highest BCUT2D eigenvalue weighted by Gasteiger charge is 2.31. The SMILES string of the molecule is C[C@H]1SCCN(C(=O)c2cc3n[nH]nc3cc2F)[C@H]1C. The van der Waals surface area contributed by atoms with Gasteiger partial charge in [0.1, 0.15) is 16.9 Å². The van der Waals surface area contributed by atoms with Crippen LogP contribution in [0.5, 0.6) is 0 Å². The molecule has 1 N–H and O–H groups in total. The van der Waals surface area contributed by atoms with Crippen LogP contribution in [0.4, 0.5) is 4.39 Å². The first-order valence-electron chi connectivity index (χ1n) is 6.50. The Labute approximate surface area is 119 Å². The van der Waals surface area contributed by atoms with Crippen molar-refractivity contribution in [1.29, 1.82) is 0 Å². The van der Waals surface area contributed by atoms with Crippen molar-refractivity contribution < 1.29 is 9.18 Å². The predicted molar refractivity (Wildman–Crippen MR) is 76.3 cm³/mol. The number of fused-ring (bicyclic) bond motifs is 1. The van der Waals surface area contributed by atoms with Crippen molar-refractivity contribution in [2.24, 2.45) is 0 Å². The maximum atomic E-state index is 14.1. The molecule has 0 unspecified atom stereocenters. The fourth-order valence-corrected chi connectivity index (χ4v) is 3.50. The quantitative estimate of drug-likeness (QED) is 0.874. The van der Waals surface area contributed by atoms with Crippen molar-refractivity contribution >= 4 is 28.7 Å². The third-order valence-corrected chi connectivity index (χ3v) is 5.12. The molecule has 7 heteroatoms. The molecular weight excluding hydrogens is 279 g/mol. The summed E-state index contributed by atoms with van der Waals surface area (Å²) in [6.07, 6.45) is 0. The molecule has 2 heterocycles. The summed E-state index contributed by atoms with van der Waals surface area (Å²) >= 11 is 1.84. The molecule has 1 aliphatic rings. The van der Waals surface area contributed by atoms with Crippen LogP contribution in [-0.2, 0) is 0 Å². The van der Waals surface area contributed by atoms with Gasteiger partial charge in [-0.1, -0.05) is 6.92 Å². The van der Waals surface area contributed by atoms with Crippen LogP contribution in [0.2, 0.25) is 0 Å². The second-order valence-corrected chi connectivity index (χ2v) is 6.44. The second-order valence-electron chi connectivity index (χ2n) is 4.96. The average Bonchev–Trinajstić information content (AvgIpc) is 2.87. The predicted octanol–water partition coefficient (Wildman–Crippen LogP) is 2.06. The Bertz CT molecular complexity index is 659. The van der Waals surface area contributed by atoms with E-state index in [0.717, 1.165) is 5.75 Å². The molecule has 1 aromatic heterocycles. The fraction of sp³-hybridized carbons (Fsp3) is 0.462. The summed E-state index contributed by atoms with van der Waals surface area (Å²) in [5, 5.41) is 10.5.